The van der Waals surface area contributed by atoms with Crippen LogP contribution in [-0.4, -0.2) is 43.3 Å². The molecule has 0 aromatic heterocycles. The minimum atomic E-state index is 0.254. The van der Waals surface area contributed by atoms with Crippen LogP contribution in [0.5, 0.6) is 0 Å². The van der Waals surface area contributed by atoms with E-state index in [0.717, 1.165) is 38.8 Å². The van der Waals surface area contributed by atoms with Gasteiger partial charge in [-0.25, -0.2) is 0 Å². The normalized spacial score (nSPS) is 35.1. The standard InChI is InChI=1S/C16H32N2O/c1-15(2,3)14-5-4-7-16(13-17,8-6-14)18-9-11-19-12-10-18/h14H,4-13,17H2,1-3H3. The molecule has 1 aliphatic heterocycles. The largest absolute Gasteiger partial charge is 0.379 e. The van der Waals surface area contributed by atoms with Crippen molar-refractivity contribution in [2.24, 2.45) is 17.1 Å². The molecule has 1 aliphatic carbocycles. The Hall–Kier alpha value is -0.120. The molecule has 0 aromatic carbocycles. The van der Waals surface area contributed by atoms with E-state index in [4.69, 9.17) is 10.5 Å². The van der Waals surface area contributed by atoms with Crippen LogP contribution in [0.2, 0.25) is 0 Å². The first-order chi connectivity index (χ1) is 8.98. The summed E-state index contributed by atoms with van der Waals surface area (Å²) in [7, 11) is 0. The van der Waals surface area contributed by atoms with Crippen molar-refractivity contribution < 1.29 is 4.74 Å². The number of rotatable bonds is 2. The number of nitrogens with zero attached hydrogens (tertiary/aromatic N) is 1. The van der Waals surface area contributed by atoms with Gasteiger partial charge in [0, 0.05) is 25.2 Å². The van der Waals surface area contributed by atoms with Crippen LogP contribution >= 0.6 is 0 Å². The van der Waals surface area contributed by atoms with E-state index < -0.39 is 0 Å². The smallest absolute Gasteiger partial charge is 0.0594 e. The van der Waals surface area contributed by atoms with Crippen molar-refractivity contribution in [2.75, 3.05) is 32.8 Å². The molecular formula is C16H32N2O. The summed E-state index contributed by atoms with van der Waals surface area (Å²) in [5.41, 5.74) is 6.90. The molecule has 2 rings (SSSR count). The van der Waals surface area contributed by atoms with Crippen LogP contribution in [0.15, 0.2) is 0 Å². The molecule has 0 spiro atoms. The lowest BCUT2D eigenvalue weighted by Gasteiger charge is -2.45. The molecule has 0 radical (unpaired) electrons. The third-order valence-electron chi connectivity index (χ3n) is 5.44. The highest BCUT2D eigenvalue weighted by Crippen LogP contribution is 2.41. The van der Waals surface area contributed by atoms with Crippen LogP contribution in [0.1, 0.15) is 52.9 Å². The Kier molecular flexibility index (Phi) is 4.91. The van der Waals surface area contributed by atoms with Gasteiger partial charge in [0.05, 0.1) is 13.2 Å². The lowest BCUT2D eigenvalue weighted by Crippen LogP contribution is -2.57. The SMILES string of the molecule is CC(C)(C)C1CCCC(CN)(N2CCOCC2)CC1. The van der Waals surface area contributed by atoms with Crippen molar-refractivity contribution in [3.8, 4) is 0 Å². The van der Waals surface area contributed by atoms with Gasteiger partial charge in [-0.2, -0.15) is 0 Å². The van der Waals surface area contributed by atoms with Gasteiger partial charge in [0.1, 0.15) is 0 Å². The van der Waals surface area contributed by atoms with E-state index in [1.807, 2.05) is 0 Å². The monoisotopic (exact) mass is 268 g/mol. The zero-order valence-electron chi connectivity index (χ0n) is 13.1. The molecule has 2 atom stereocenters. The maximum Gasteiger partial charge on any atom is 0.0594 e. The fraction of sp³-hybridized carbons (Fsp3) is 1.00. The zero-order valence-corrected chi connectivity index (χ0v) is 13.1. The Morgan fingerprint density at radius 3 is 2.42 bits per heavy atom. The van der Waals surface area contributed by atoms with Crippen LogP contribution in [0, 0.1) is 11.3 Å². The van der Waals surface area contributed by atoms with Crippen LogP contribution in [0.4, 0.5) is 0 Å². The molecule has 0 amide bonds. The lowest BCUT2D eigenvalue weighted by molar-refractivity contribution is -0.0264. The molecule has 0 aromatic rings. The summed E-state index contributed by atoms with van der Waals surface area (Å²) in [6.45, 7) is 11.9. The Balaban J connectivity index is 2.05. The number of morpholine rings is 1. The minimum Gasteiger partial charge on any atom is -0.379 e. The molecule has 112 valence electrons. The summed E-state index contributed by atoms with van der Waals surface area (Å²) in [5.74, 6) is 0.849. The van der Waals surface area contributed by atoms with Crippen LogP contribution in [0.25, 0.3) is 0 Å². The van der Waals surface area contributed by atoms with Gasteiger partial charge in [-0.05, 0) is 37.0 Å². The van der Waals surface area contributed by atoms with Crippen molar-refractivity contribution in [2.45, 2.75) is 58.4 Å². The predicted molar refractivity (Wildman–Crippen MR) is 80.2 cm³/mol. The Bertz CT molecular complexity index is 281. The second kappa shape index (κ2) is 6.11. The topological polar surface area (TPSA) is 38.5 Å². The molecule has 2 unspecified atom stereocenters. The van der Waals surface area contributed by atoms with E-state index in [1.54, 1.807) is 0 Å². The second-order valence-electron chi connectivity index (χ2n) is 7.52. The van der Waals surface area contributed by atoms with Gasteiger partial charge < -0.3 is 10.5 Å². The highest BCUT2D eigenvalue weighted by Gasteiger charge is 2.39. The molecule has 1 heterocycles. The van der Waals surface area contributed by atoms with E-state index in [9.17, 15) is 0 Å². The summed E-state index contributed by atoms with van der Waals surface area (Å²) in [6, 6.07) is 0. The maximum atomic E-state index is 6.21. The first-order valence-electron chi connectivity index (χ1n) is 8.01. The van der Waals surface area contributed by atoms with Gasteiger partial charge in [-0.15, -0.1) is 0 Å². The van der Waals surface area contributed by atoms with Gasteiger partial charge in [-0.3, -0.25) is 4.90 Å². The first kappa shape index (κ1) is 15.3. The van der Waals surface area contributed by atoms with Crippen molar-refractivity contribution in [1.29, 1.82) is 0 Å². The Morgan fingerprint density at radius 2 is 1.84 bits per heavy atom. The molecule has 2 N–H and O–H groups in total. The average molecular weight is 268 g/mol. The molecule has 1 saturated heterocycles. The number of hydrogen-bond donors (Lipinski definition) is 1. The minimum absolute atomic E-state index is 0.254. The van der Waals surface area contributed by atoms with E-state index in [0.29, 0.717) is 5.41 Å². The molecule has 0 bridgehead atoms. The average Bonchev–Trinajstić information content (AvgIpc) is 2.62. The predicted octanol–water partition coefficient (Wildman–Crippen LogP) is 2.64. The number of ether oxygens (including phenoxy) is 1. The van der Waals surface area contributed by atoms with Crippen molar-refractivity contribution in [3.05, 3.63) is 0 Å². The zero-order chi connectivity index (χ0) is 13.9. The summed E-state index contributed by atoms with van der Waals surface area (Å²) in [6.07, 6.45) is 6.58. The van der Waals surface area contributed by atoms with Crippen LogP contribution < -0.4 is 5.73 Å². The van der Waals surface area contributed by atoms with Gasteiger partial charge in [0.2, 0.25) is 0 Å². The van der Waals surface area contributed by atoms with Gasteiger partial charge in [0.15, 0.2) is 0 Å². The summed E-state index contributed by atoms with van der Waals surface area (Å²) in [4.78, 5) is 2.63. The molecule has 2 aliphatic rings. The fourth-order valence-corrected chi connectivity index (χ4v) is 3.94. The molecule has 1 saturated carbocycles. The van der Waals surface area contributed by atoms with E-state index in [2.05, 4.69) is 25.7 Å². The Labute approximate surface area is 118 Å². The molecule has 3 heteroatoms. The third kappa shape index (κ3) is 3.50. The van der Waals surface area contributed by atoms with Gasteiger partial charge >= 0.3 is 0 Å². The molecule has 2 fully saturated rings. The van der Waals surface area contributed by atoms with Crippen molar-refractivity contribution in [1.82, 2.24) is 4.90 Å². The van der Waals surface area contributed by atoms with E-state index in [1.165, 1.54) is 32.1 Å². The summed E-state index contributed by atoms with van der Waals surface area (Å²) >= 11 is 0. The highest BCUT2D eigenvalue weighted by molar-refractivity contribution is 4.96. The van der Waals surface area contributed by atoms with E-state index >= 15 is 0 Å². The molecule has 3 nitrogen and oxygen atoms in total. The van der Waals surface area contributed by atoms with Gasteiger partial charge in [0.25, 0.3) is 0 Å². The van der Waals surface area contributed by atoms with Crippen LogP contribution in [0.3, 0.4) is 0 Å². The quantitative estimate of drug-likeness (QED) is 0.783. The number of nitrogens with two attached hydrogens (primary N) is 1. The summed E-state index contributed by atoms with van der Waals surface area (Å²) < 4.78 is 5.50. The van der Waals surface area contributed by atoms with Crippen LogP contribution in [-0.2, 0) is 4.74 Å². The van der Waals surface area contributed by atoms with Gasteiger partial charge in [-0.1, -0.05) is 27.2 Å². The third-order valence-corrected chi connectivity index (χ3v) is 5.44. The fourth-order valence-electron chi connectivity index (χ4n) is 3.94. The second-order valence-corrected chi connectivity index (χ2v) is 7.52. The molecular weight excluding hydrogens is 236 g/mol. The van der Waals surface area contributed by atoms with Crippen molar-refractivity contribution in [3.63, 3.8) is 0 Å². The highest BCUT2D eigenvalue weighted by atomic mass is 16.5. The van der Waals surface area contributed by atoms with Crippen molar-refractivity contribution >= 4 is 0 Å². The first-order valence-corrected chi connectivity index (χ1v) is 8.01. The van der Waals surface area contributed by atoms with E-state index in [-0.39, 0.29) is 5.54 Å². The molecule has 19 heavy (non-hydrogen) atoms. The Morgan fingerprint density at radius 1 is 1.16 bits per heavy atom. The number of hydrogen-bond acceptors (Lipinski definition) is 3. The summed E-state index contributed by atoms with van der Waals surface area (Å²) in [5, 5.41) is 0. The lowest BCUT2D eigenvalue weighted by atomic mass is 9.76. The maximum absolute atomic E-state index is 6.21.